The fourth-order valence-corrected chi connectivity index (χ4v) is 3.17. The lowest BCUT2D eigenvalue weighted by Crippen LogP contribution is -2.40. The molecule has 0 aliphatic carbocycles. The Morgan fingerprint density at radius 1 is 1.12 bits per heavy atom. The van der Waals surface area contributed by atoms with Crippen LogP contribution >= 0.6 is 0 Å². The number of carboxylic acids is 1. The maximum atomic E-state index is 12.2. The summed E-state index contributed by atoms with van der Waals surface area (Å²) in [6, 6.07) is 16.4. The molecule has 0 aliphatic rings. The van der Waals surface area contributed by atoms with E-state index in [1.807, 2.05) is 60.8 Å². The number of carbonyl (C=O) groups is 1. The lowest BCUT2D eigenvalue weighted by Gasteiger charge is -2.28. The molecule has 0 fully saturated rings. The Kier molecular flexibility index (Phi) is 4.10. The molecule has 4 aromatic rings. The first-order valence-corrected chi connectivity index (χ1v) is 8.22. The van der Waals surface area contributed by atoms with Crippen LogP contribution in [0.5, 0.6) is 0 Å². The second kappa shape index (κ2) is 6.72. The summed E-state index contributed by atoms with van der Waals surface area (Å²) in [5, 5.41) is 21.5. The number of aromatic amines is 2. The van der Waals surface area contributed by atoms with Gasteiger partial charge in [-0.25, -0.2) is 4.79 Å². The summed E-state index contributed by atoms with van der Waals surface area (Å²) < 4.78 is 0. The highest BCUT2D eigenvalue weighted by molar-refractivity contribution is 5.86. The molecule has 0 amide bonds. The van der Waals surface area contributed by atoms with Crippen molar-refractivity contribution in [3.8, 4) is 0 Å². The molecule has 0 saturated carbocycles. The van der Waals surface area contributed by atoms with Crippen LogP contribution in [0.2, 0.25) is 0 Å². The van der Waals surface area contributed by atoms with Gasteiger partial charge in [0.05, 0.1) is 6.20 Å². The van der Waals surface area contributed by atoms with E-state index in [0.29, 0.717) is 12.2 Å². The Morgan fingerprint density at radius 2 is 1.88 bits per heavy atom. The molecule has 2 heterocycles. The Hall–Kier alpha value is -3.61. The highest BCUT2D eigenvalue weighted by atomic mass is 16.4. The van der Waals surface area contributed by atoms with Gasteiger partial charge in [-0.15, -0.1) is 5.10 Å². The van der Waals surface area contributed by atoms with Gasteiger partial charge in [0.1, 0.15) is 6.04 Å². The minimum atomic E-state index is -0.929. The van der Waals surface area contributed by atoms with Gasteiger partial charge in [-0.2, -0.15) is 10.3 Å². The van der Waals surface area contributed by atoms with Gasteiger partial charge in [0.25, 0.3) is 0 Å². The van der Waals surface area contributed by atoms with E-state index in [-0.39, 0.29) is 0 Å². The average Bonchev–Trinajstić information content (AvgIpc) is 3.32. The SMILES string of the molecule is O=C(O)[C@H](Cc1c[nH]c2ccccc12)N(c1ccccc1)c1cn[nH]n1. The number of fused-ring (bicyclic) bond motifs is 1. The minimum Gasteiger partial charge on any atom is -0.480 e. The third kappa shape index (κ3) is 2.90. The number of rotatable bonds is 6. The first kappa shape index (κ1) is 15.9. The maximum absolute atomic E-state index is 12.2. The number of nitrogens with zero attached hydrogens (tertiary/aromatic N) is 3. The summed E-state index contributed by atoms with van der Waals surface area (Å²) in [7, 11) is 0. The maximum Gasteiger partial charge on any atom is 0.327 e. The highest BCUT2D eigenvalue weighted by Gasteiger charge is 2.30. The second-order valence-electron chi connectivity index (χ2n) is 5.95. The van der Waals surface area contributed by atoms with E-state index in [4.69, 9.17) is 0 Å². The van der Waals surface area contributed by atoms with Crippen molar-refractivity contribution >= 4 is 28.4 Å². The van der Waals surface area contributed by atoms with Gasteiger partial charge < -0.3 is 15.0 Å². The van der Waals surface area contributed by atoms with Crippen LogP contribution < -0.4 is 4.90 Å². The van der Waals surface area contributed by atoms with Gasteiger partial charge in [0.2, 0.25) is 0 Å². The number of hydrogen-bond donors (Lipinski definition) is 3. The van der Waals surface area contributed by atoms with Gasteiger partial charge in [0, 0.05) is 29.2 Å². The van der Waals surface area contributed by atoms with Gasteiger partial charge >= 0.3 is 5.97 Å². The molecule has 0 spiro atoms. The third-order valence-electron chi connectivity index (χ3n) is 4.37. The molecule has 0 bridgehead atoms. The van der Waals surface area contributed by atoms with Crippen molar-refractivity contribution in [1.82, 2.24) is 20.4 Å². The Bertz CT molecular complexity index is 1010. The molecule has 26 heavy (non-hydrogen) atoms. The molecule has 2 aromatic heterocycles. The number of aliphatic carboxylic acids is 1. The van der Waals surface area contributed by atoms with E-state index in [1.165, 1.54) is 6.20 Å². The van der Waals surface area contributed by atoms with Gasteiger partial charge in [0.15, 0.2) is 5.82 Å². The quantitative estimate of drug-likeness (QED) is 0.498. The molecule has 130 valence electrons. The second-order valence-corrected chi connectivity index (χ2v) is 5.95. The molecule has 0 radical (unpaired) electrons. The lowest BCUT2D eigenvalue weighted by molar-refractivity contribution is -0.138. The molecule has 1 atom stereocenters. The minimum absolute atomic E-state index is 0.321. The fraction of sp³-hybridized carbons (Fsp3) is 0.105. The molecule has 3 N–H and O–H groups in total. The topological polar surface area (TPSA) is 97.9 Å². The zero-order valence-electron chi connectivity index (χ0n) is 13.8. The van der Waals surface area contributed by atoms with E-state index >= 15 is 0 Å². The number of para-hydroxylation sites is 2. The molecule has 4 rings (SSSR count). The molecular weight excluding hydrogens is 330 g/mol. The summed E-state index contributed by atoms with van der Waals surface area (Å²) in [4.78, 5) is 17.0. The number of hydrogen-bond acceptors (Lipinski definition) is 4. The summed E-state index contributed by atoms with van der Waals surface area (Å²) in [5.74, 6) is -0.467. The van der Waals surface area contributed by atoms with Crippen LogP contribution in [0, 0.1) is 0 Å². The standard InChI is InChI=1S/C19H17N5O2/c25-19(26)17(10-13-11-20-16-9-5-4-8-15(13)16)24(18-12-21-23-22-18)14-6-2-1-3-7-14/h1-9,11-12,17,20H,10H2,(H,25,26)(H,21,22,23)/t17-/m0/s1. The first-order valence-electron chi connectivity index (χ1n) is 8.22. The molecular formula is C19H17N5O2. The van der Waals surface area contributed by atoms with Crippen molar-refractivity contribution < 1.29 is 9.90 Å². The van der Waals surface area contributed by atoms with Crippen molar-refractivity contribution in [3.63, 3.8) is 0 Å². The Morgan fingerprint density at radius 3 is 2.62 bits per heavy atom. The van der Waals surface area contributed by atoms with Crippen molar-refractivity contribution in [2.24, 2.45) is 0 Å². The van der Waals surface area contributed by atoms with Crippen LogP contribution in [0.15, 0.2) is 67.0 Å². The van der Waals surface area contributed by atoms with E-state index in [1.54, 1.807) is 4.90 Å². The normalized spacial score (nSPS) is 12.2. The van der Waals surface area contributed by atoms with Crippen molar-refractivity contribution in [2.45, 2.75) is 12.5 Å². The van der Waals surface area contributed by atoms with Crippen LogP contribution in [0.3, 0.4) is 0 Å². The first-order chi connectivity index (χ1) is 12.7. The van der Waals surface area contributed by atoms with E-state index in [9.17, 15) is 9.90 Å². The van der Waals surface area contributed by atoms with E-state index in [0.717, 1.165) is 22.2 Å². The number of H-pyrrole nitrogens is 2. The van der Waals surface area contributed by atoms with Crippen molar-refractivity contribution in [3.05, 3.63) is 72.6 Å². The summed E-state index contributed by atoms with van der Waals surface area (Å²) in [6.07, 6.45) is 3.71. The van der Waals surface area contributed by atoms with Crippen LogP contribution in [-0.2, 0) is 11.2 Å². The largest absolute Gasteiger partial charge is 0.480 e. The van der Waals surface area contributed by atoms with E-state index in [2.05, 4.69) is 20.4 Å². The number of carboxylic acid groups (broad SMARTS) is 1. The summed E-state index contributed by atoms with van der Waals surface area (Å²) in [6.45, 7) is 0. The molecule has 7 heteroatoms. The van der Waals surface area contributed by atoms with Gasteiger partial charge in [-0.1, -0.05) is 36.4 Å². The van der Waals surface area contributed by atoms with Crippen LogP contribution in [0.1, 0.15) is 5.56 Å². The Labute approximate surface area is 149 Å². The van der Waals surface area contributed by atoms with Crippen LogP contribution in [-0.4, -0.2) is 37.5 Å². The molecule has 0 unspecified atom stereocenters. The molecule has 2 aromatic carbocycles. The predicted octanol–water partition coefficient (Wildman–Crippen LogP) is 3.12. The van der Waals surface area contributed by atoms with Crippen molar-refractivity contribution in [2.75, 3.05) is 4.90 Å². The lowest BCUT2D eigenvalue weighted by atomic mass is 10.0. The zero-order chi connectivity index (χ0) is 17.9. The van der Waals surface area contributed by atoms with Gasteiger partial charge in [-0.3, -0.25) is 0 Å². The fourth-order valence-electron chi connectivity index (χ4n) is 3.17. The van der Waals surface area contributed by atoms with Crippen LogP contribution in [0.4, 0.5) is 11.5 Å². The number of benzene rings is 2. The number of nitrogens with one attached hydrogen (secondary N) is 2. The molecule has 7 nitrogen and oxygen atoms in total. The predicted molar refractivity (Wildman–Crippen MR) is 98.4 cm³/mol. The number of anilines is 2. The van der Waals surface area contributed by atoms with E-state index < -0.39 is 12.0 Å². The summed E-state index contributed by atoms with van der Waals surface area (Å²) >= 11 is 0. The smallest absolute Gasteiger partial charge is 0.327 e. The molecule has 0 saturated heterocycles. The van der Waals surface area contributed by atoms with Crippen molar-refractivity contribution in [1.29, 1.82) is 0 Å². The average molecular weight is 347 g/mol. The summed E-state index contributed by atoms with van der Waals surface area (Å²) in [5.41, 5.74) is 2.67. The Balaban J connectivity index is 1.77. The number of aromatic nitrogens is 4. The third-order valence-corrected chi connectivity index (χ3v) is 4.37. The molecule has 0 aliphatic heterocycles. The van der Waals surface area contributed by atoms with Gasteiger partial charge in [-0.05, 0) is 23.8 Å². The van der Waals surface area contributed by atoms with Crippen LogP contribution in [0.25, 0.3) is 10.9 Å². The monoisotopic (exact) mass is 347 g/mol. The zero-order valence-corrected chi connectivity index (χ0v) is 13.8. The highest BCUT2D eigenvalue weighted by Crippen LogP contribution is 2.29.